The molecular formula is C13H24O. The summed E-state index contributed by atoms with van der Waals surface area (Å²) in [6, 6.07) is 0. The van der Waals surface area contributed by atoms with Gasteiger partial charge in [0.05, 0.1) is 11.7 Å². The van der Waals surface area contributed by atoms with Gasteiger partial charge >= 0.3 is 0 Å². The molecule has 0 aromatic carbocycles. The Labute approximate surface area is 88.5 Å². The van der Waals surface area contributed by atoms with Gasteiger partial charge in [0.2, 0.25) is 0 Å². The van der Waals surface area contributed by atoms with Crippen molar-refractivity contribution in [3.63, 3.8) is 0 Å². The fourth-order valence-corrected chi connectivity index (χ4v) is 1.95. The molecule has 0 spiro atoms. The zero-order valence-electron chi connectivity index (χ0n) is 10.0. The van der Waals surface area contributed by atoms with E-state index in [1.165, 1.54) is 25.7 Å². The van der Waals surface area contributed by atoms with Crippen LogP contribution in [-0.2, 0) is 4.74 Å². The van der Waals surface area contributed by atoms with Crippen molar-refractivity contribution in [1.29, 1.82) is 0 Å². The van der Waals surface area contributed by atoms with Gasteiger partial charge in [0, 0.05) is 0 Å². The average Bonchev–Trinajstić information content (AvgIpc) is 2.03. The van der Waals surface area contributed by atoms with Crippen LogP contribution in [0.3, 0.4) is 0 Å². The third-order valence-corrected chi connectivity index (χ3v) is 2.71. The van der Waals surface area contributed by atoms with Crippen LogP contribution in [0, 0.1) is 5.92 Å². The Balaban J connectivity index is 2.51. The Hall–Kier alpha value is -0.300. The van der Waals surface area contributed by atoms with Gasteiger partial charge in [0.25, 0.3) is 0 Å². The van der Waals surface area contributed by atoms with Crippen LogP contribution < -0.4 is 0 Å². The van der Waals surface area contributed by atoms with E-state index in [4.69, 9.17) is 4.74 Å². The minimum atomic E-state index is 0.00182. The molecule has 0 saturated heterocycles. The maximum absolute atomic E-state index is 6.09. The standard InChI is InChI=1S/C13H24O/c1-11-9-7-5-6-8-10-12(11)14-13(2,3)4/h5-6,11-12H,7-10H2,1-4H3/b6-5-. The van der Waals surface area contributed by atoms with Crippen molar-refractivity contribution in [3.05, 3.63) is 12.2 Å². The minimum absolute atomic E-state index is 0.00182. The predicted molar refractivity (Wildman–Crippen MR) is 61.4 cm³/mol. The molecule has 0 N–H and O–H groups in total. The van der Waals surface area contributed by atoms with E-state index in [0.29, 0.717) is 12.0 Å². The first-order chi connectivity index (χ1) is 6.49. The smallest absolute Gasteiger partial charge is 0.0610 e. The monoisotopic (exact) mass is 196 g/mol. The lowest BCUT2D eigenvalue weighted by atomic mass is 9.92. The molecule has 2 unspecified atom stereocenters. The van der Waals surface area contributed by atoms with Crippen LogP contribution >= 0.6 is 0 Å². The highest BCUT2D eigenvalue weighted by atomic mass is 16.5. The normalized spacial score (nSPS) is 32.0. The highest BCUT2D eigenvalue weighted by molar-refractivity contribution is 4.87. The minimum Gasteiger partial charge on any atom is -0.372 e. The van der Waals surface area contributed by atoms with Crippen LogP contribution in [0.25, 0.3) is 0 Å². The van der Waals surface area contributed by atoms with Gasteiger partial charge in [-0.1, -0.05) is 19.1 Å². The zero-order valence-corrected chi connectivity index (χ0v) is 10.0. The quantitative estimate of drug-likeness (QED) is 0.577. The number of hydrogen-bond acceptors (Lipinski definition) is 1. The molecule has 2 atom stereocenters. The topological polar surface area (TPSA) is 9.23 Å². The van der Waals surface area contributed by atoms with Crippen molar-refractivity contribution < 1.29 is 4.74 Å². The zero-order chi connectivity index (χ0) is 10.6. The third-order valence-electron chi connectivity index (χ3n) is 2.71. The van der Waals surface area contributed by atoms with Gasteiger partial charge in [0.15, 0.2) is 0 Å². The van der Waals surface area contributed by atoms with Gasteiger partial charge in [-0.3, -0.25) is 0 Å². The molecule has 82 valence electrons. The van der Waals surface area contributed by atoms with E-state index in [0.717, 1.165) is 0 Å². The first-order valence-electron chi connectivity index (χ1n) is 5.82. The van der Waals surface area contributed by atoms with E-state index >= 15 is 0 Å². The van der Waals surface area contributed by atoms with Gasteiger partial charge < -0.3 is 4.74 Å². The highest BCUT2D eigenvalue weighted by Crippen LogP contribution is 2.25. The number of hydrogen-bond donors (Lipinski definition) is 0. The van der Waals surface area contributed by atoms with Crippen molar-refractivity contribution in [1.82, 2.24) is 0 Å². The Bertz CT molecular complexity index is 188. The Morgan fingerprint density at radius 1 is 1.07 bits per heavy atom. The molecular weight excluding hydrogens is 172 g/mol. The SMILES string of the molecule is CC1CC/C=C\CCC1OC(C)(C)C. The van der Waals surface area contributed by atoms with Gasteiger partial charge in [0.1, 0.15) is 0 Å². The van der Waals surface area contributed by atoms with E-state index in [-0.39, 0.29) is 5.60 Å². The summed E-state index contributed by atoms with van der Waals surface area (Å²) in [6.45, 7) is 8.76. The molecule has 0 aromatic heterocycles. The van der Waals surface area contributed by atoms with Crippen molar-refractivity contribution in [2.75, 3.05) is 0 Å². The van der Waals surface area contributed by atoms with Gasteiger partial charge in [-0.25, -0.2) is 0 Å². The van der Waals surface area contributed by atoms with E-state index in [1.54, 1.807) is 0 Å². The van der Waals surface area contributed by atoms with E-state index in [9.17, 15) is 0 Å². The van der Waals surface area contributed by atoms with E-state index < -0.39 is 0 Å². The molecule has 1 aliphatic rings. The highest BCUT2D eigenvalue weighted by Gasteiger charge is 2.23. The fourth-order valence-electron chi connectivity index (χ4n) is 1.95. The average molecular weight is 196 g/mol. The summed E-state index contributed by atoms with van der Waals surface area (Å²) >= 11 is 0. The fraction of sp³-hybridized carbons (Fsp3) is 0.846. The molecule has 0 aromatic rings. The molecule has 1 heteroatoms. The summed E-state index contributed by atoms with van der Waals surface area (Å²) in [5.41, 5.74) is 0.00182. The van der Waals surface area contributed by atoms with Crippen molar-refractivity contribution in [3.8, 4) is 0 Å². The Kier molecular flexibility index (Phi) is 4.18. The second-order valence-electron chi connectivity index (χ2n) is 5.37. The van der Waals surface area contributed by atoms with Crippen LogP contribution in [0.1, 0.15) is 53.4 Å². The van der Waals surface area contributed by atoms with Crippen LogP contribution in [-0.4, -0.2) is 11.7 Å². The summed E-state index contributed by atoms with van der Waals surface area (Å²) in [5.74, 6) is 0.694. The molecule has 0 saturated carbocycles. The molecule has 0 amide bonds. The van der Waals surface area contributed by atoms with E-state index in [1.807, 2.05) is 0 Å². The predicted octanol–water partition coefficient (Wildman–Crippen LogP) is 3.94. The molecule has 1 rings (SSSR count). The van der Waals surface area contributed by atoms with E-state index in [2.05, 4.69) is 39.8 Å². The first kappa shape index (κ1) is 11.8. The lowest BCUT2D eigenvalue weighted by molar-refractivity contribution is -0.0863. The summed E-state index contributed by atoms with van der Waals surface area (Å²) < 4.78 is 6.09. The summed E-state index contributed by atoms with van der Waals surface area (Å²) in [5, 5.41) is 0. The molecule has 1 aliphatic carbocycles. The summed E-state index contributed by atoms with van der Waals surface area (Å²) in [4.78, 5) is 0. The molecule has 1 nitrogen and oxygen atoms in total. The largest absolute Gasteiger partial charge is 0.372 e. The molecule has 0 radical (unpaired) electrons. The van der Waals surface area contributed by atoms with Crippen molar-refractivity contribution >= 4 is 0 Å². The molecule has 0 heterocycles. The maximum atomic E-state index is 6.09. The second-order valence-corrected chi connectivity index (χ2v) is 5.37. The lowest BCUT2D eigenvalue weighted by Crippen LogP contribution is -2.32. The summed E-state index contributed by atoms with van der Waals surface area (Å²) in [6.07, 6.45) is 9.87. The second kappa shape index (κ2) is 4.97. The molecule has 14 heavy (non-hydrogen) atoms. The molecule has 0 fully saturated rings. The van der Waals surface area contributed by atoms with Crippen LogP contribution in [0.5, 0.6) is 0 Å². The molecule has 0 bridgehead atoms. The van der Waals surface area contributed by atoms with Crippen LogP contribution in [0.2, 0.25) is 0 Å². The Morgan fingerprint density at radius 2 is 1.64 bits per heavy atom. The number of rotatable bonds is 1. The summed E-state index contributed by atoms with van der Waals surface area (Å²) in [7, 11) is 0. The van der Waals surface area contributed by atoms with Gasteiger partial charge in [-0.2, -0.15) is 0 Å². The first-order valence-corrected chi connectivity index (χ1v) is 5.82. The van der Waals surface area contributed by atoms with Crippen LogP contribution in [0.4, 0.5) is 0 Å². The third kappa shape index (κ3) is 4.28. The van der Waals surface area contributed by atoms with Crippen molar-refractivity contribution in [2.45, 2.75) is 65.1 Å². The van der Waals surface area contributed by atoms with Crippen LogP contribution in [0.15, 0.2) is 12.2 Å². The Morgan fingerprint density at radius 3 is 2.21 bits per heavy atom. The van der Waals surface area contributed by atoms with Gasteiger partial charge in [-0.05, 0) is 52.4 Å². The maximum Gasteiger partial charge on any atom is 0.0610 e. The molecule has 0 aliphatic heterocycles. The van der Waals surface area contributed by atoms with Gasteiger partial charge in [-0.15, -0.1) is 0 Å². The van der Waals surface area contributed by atoms with Crippen molar-refractivity contribution in [2.24, 2.45) is 5.92 Å². The number of ether oxygens (including phenoxy) is 1. The number of allylic oxidation sites excluding steroid dienone is 2. The lowest BCUT2D eigenvalue weighted by Gasteiger charge is -2.32.